The quantitative estimate of drug-likeness (QED) is 0.146. The van der Waals surface area contributed by atoms with Gasteiger partial charge >= 0.3 is 6.01 Å². The molecule has 0 radical (unpaired) electrons. The molecule has 2 fully saturated rings. The number of anilines is 1. The second-order valence-electron chi connectivity index (χ2n) is 12.9. The molecule has 2 N–H and O–H groups in total. The van der Waals surface area contributed by atoms with Gasteiger partial charge in [-0.1, -0.05) is 24.9 Å². The van der Waals surface area contributed by atoms with Crippen LogP contribution in [0.25, 0.3) is 33.1 Å². The Labute approximate surface area is 276 Å². The van der Waals surface area contributed by atoms with Gasteiger partial charge in [0.1, 0.15) is 23.6 Å². The first-order chi connectivity index (χ1) is 22.6. The summed E-state index contributed by atoms with van der Waals surface area (Å²) in [7, 11) is 3.47. The highest BCUT2D eigenvalue weighted by atomic mass is 35.5. The van der Waals surface area contributed by atoms with E-state index in [0.717, 1.165) is 19.3 Å². The van der Waals surface area contributed by atoms with Gasteiger partial charge in [-0.05, 0) is 49.7 Å². The number of halogens is 4. The summed E-state index contributed by atoms with van der Waals surface area (Å²) in [4.78, 5) is 17.4. The number of H-pyrrole nitrogens is 1. The van der Waals surface area contributed by atoms with Gasteiger partial charge in [-0.15, -0.1) is 0 Å². The average molecular weight is 676 g/mol. The molecule has 2 saturated heterocycles. The summed E-state index contributed by atoms with van der Waals surface area (Å²) < 4.78 is 56.9. The van der Waals surface area contributed by atoms with E-state index in [1.807, 2.05) is 18.9 Å². The lowest BCUT2D eigenvalue weighted by molar-refractivity contribution is -0.0132. The molecule has 47 heavy (non-hydrogen) atoms. The van der Waals surface area contributed by atoms with Crippen LogP contribution in [0.3, 0.4) is 0 Å². The number of aliphatic hydroxyl groups is 1. The number of fused-ring (bicyclic) bond motifs is 3. The minimum Gasteiger partial charge on any atom is -0.461 e. The van der Waals surface area contributed by atoms with Crippen molar-refractivity contribution in [1.82, 2.24) is 30.0 Å². The topological polar surface area (TPSA) is 113 Å². The third-order valence-electron chi connectivity index (χ3n) is 9.76. The third-order valence-corrected chi connectivity index (χ3v) is 10.1. The maximum Gasteiger partial charge on any atom is 0.319 e. The lowest BCUT2D eigenvalue weighted by Gasteiger charge is -2.46. The molecule has 5 heterocycles. The summed E-state index contributed by atoms with van der Waals surface area (Å²) in [5.74, 6) is -2.86. The molecule has 10 nitrogen and oxygen atoms in total. The molecule has 0 saturated carbocycles. The zero-order chi connectivity index (χ0) is 33.3. The lowest BCUT2D eigenvalue weighted by Crippen LogP contribution is -2.59. The van der Waals surface area contributed by atoms with E-state index in [1.165, 1.54) is 0 Å². The Hall–Kier alpha value is -3.26. The fourth-order valence-electron chi connectivity index (χ4n) is 6.97. The van der Waals surface area contributed by atoms with E-state index in [0.29, 0.717) is 77.2 Å². The standard InChI is InChI=1S/C33H41ClF3N7O3/c1-4-20(16-45)7-5-10-43(2)30-23-14-38-29(26-21(8-6-12-46-3)24(34)13-25-22(26)15-39-42-25)27(35)28(23)40-31(41-30)47-19-32-9-11-44(32)18-33(36,37)17-32/h13-15,20,45H,4-12,16-19H2,1-3H3,(H,39,42). The SMILES string of the molecule is CCC(CO)CCCN(C)c1nc(OCC23CCN2CC(F)(F)C3)nc2c(F)c(-c3c(CCCOC)c(Cl)cc4[nH]ncc34)ncc12. The number of methoxy groups -OCH3 is 1. The Morgan fingerprint density at radius 1 is 1.21 bits per heavy atom. The van der Waals surface area contributed by atoms with Crippen molar-refractivity contribution in [3.63, 3.8) is 0 Å². The number of aromatic nitrogens is 5. The summed E-state index contributed by atoms with van der Waals surface area (Å²) in [6.45, 7) is 3.48. The summed E-state index contributed by atoms with van der Waals surface area (Å²) in [5, 5.41) is 18.2. The van der Waals surface area contributed by atoms with Crippen molar-refractivity contribution >= 4 is 39.2 Å². The van der Waals surface area contributed by atoms with Crippen LogP contribution in [0.1, 0.15) is 51.0 Å². The average Bonchev–Trinajstić information content (AvgIpc) is 3.58. The van der Waals surface area contributed by atoms with Gasteiger partial charge in [0.2, 0.25) is 0 Å². The number of ether oxygens (including phenoxy) is 2. The van der Waals surface area contributed by atoms with Crippen LogP contribution in [-0.4, -0.2) is 100 Å². The van der Waals surface area contributed by atoms with Gasteiger partial charge < -0.3 is 19.5 Å². The molecule has 1 aromatic carbocycles. The van der Waals surface area contributed by atoms with Crippen LogP contribution in [0.4, 0.5) is 19.0 Å². The van der Waals surface area contributed by atoms with Crippen LogP contribution < -0.4 is 9.64 Å². The Balaban J connectivity index is 1.42. The number of benzene rings is 1. The molecule has 254 valence electrons. The fraction of sp³-hybridized carbons (Fsp3) is 0.576. The van der Waals surface area contributed by atoms with E-state index in [4.69, 9.17) is 21.1 Å². The number of rotatable bonds is 15. The van der Waals surface area contributed by atoms with Crippen LogP contribution in [0.2, 0.25) is 5.02 Å². The molecule has 2 atom stereocenters. The second-order valence-corrected chi connectivity index (χ2v) is 13.3. The molecular formula is C33H41ClF3N7O3. The number of aliphatic hydroxyl groups excluding tert-OH is 1. The van der Waals surface area contributed by atoms with Crippen LogP contribution in [0.5, 0.6) is 6.01 Å². The molecule has 4 aromatic rings. The summed E-state index contributed by atoms with van der Waals surface area (Å²) in [5.41, 5.74) is 1.14. The largest absolute Gasteiger partial charge is 0.461 e. The number of alkyl halides is 2. The first kappa shape index (κ1) is 33.6. The maximum absolute atomic E-state index is 16.9. The monoisotopic (exact) mass is 675 g/mol. The molecule has 0 spiro atoms. The molecule has 2 unspecified atom stereocenters. The van der Waals surface area contributed by atoms with Crippen molar-refractivity contribution in [2.24, 2.45) is 5.92 Å². The van der Waals surface area contributed by atoms with Gasteiger partial charge in [-0.25, -0.2) is 13.2 Å². The number of hydrogen-bond acceptors (Lipinski definition) is 9. The number of hydrogen-bond donors (Lipinski definition) is 2. The van der Waals surface area contributed by atoms with Crippen molar-refractivity contribution in [3.8, 4) is 17.3 Å². The molecule has 14 heteroatoms. The Morgan fingerprint density at radius 2 is 2.04 bits per heavy atom. The molecule has 2 aliphatic heterocycles. The molecule has 0 amide bonds. The minimum absolute atomic E-state index is 0.00261. The highest BCUT2D eigenvalue weighted by Gasteiger charge is 2.60. The van der Waals surface area contributed by atoms with Crippen molar-refractivity contribution in [2.45, 2.75) is 63.3 Å². The van der Waals surface area contributed by atoms with Crippen molar-refractivity contribution in [3.05, 3.63) is 34.9 Å². The normalized spacial score (nSPS) is 19.7. The Morgan fingerprint density at radius 3 is 2.74 bits per heavy atom. The predicted molar refractivity (Wildman–Crippen MR) is 175 cm³/mol. The highest BCUT2D eigenvalue weighted by molar-refractivity contribution is 6.33. The highest BCUT2D eigenvalue weighted by Crippen LogP contribution is 2.47. The fourth-order valence-corrected chi connectivity index (χ4v) is 7.27. The second kappa shape index (κ2) is 13.7. The molecule has 2 aliphatic rings. The van der Waals surface area contributed by atoms with E-state index in [1.54, 1.807) is 30.5 Å². The maximum atomic E-state index is 16.9. The first-order valence-corrected chi connectivity index (χ1v) is 16.5. The van der Waals surface area contributed by atoms with Gasteiger partial charge in [-0.2, -0.15) is 15.1 Å². The van der Waals surface area contributed by atoms with E-state index in [-0.39, 0.29) is 49.3 Å². The van der Waals surface area contributed by atoms with Crippen molar-refractivity contribution < 1.29 is 27.8 Å². The van der Waals surface area contributed by atoms with Crippen LogP contribution >= 0.6 is 11.6 Å². The van der Waals surface area contributed by atoms with E-state index >= 15 is 4.39 Å². The van der Waals surface area contributed by atoms with Crippen molar-refractivity contribution in [2.75, 3.05) is 58.5 Å². The van der Waals surface area contributed by atoms with E-state index < -0.39 is 17.3 Å². The predicted octanol–water partition coefficient (Wildman–Crippen LogP) is 6.04. The molecule has 6 rings (SSSR count). The van der Waals surface area contributed by atoms with Crippen LogP contribution in [0.15, 0.2) is 18.5 Å². The Bertz CT molecular complexity index is 1740. The van der Waals surface area contributed by atoms with E-state index in [2.05, 4.69) is 25.1 Å². The molecule has 0 bridgehead atoms. The molecular weight excluding hydrogens is 635 g/mol. The third kappa shape index (κ3) is 6.59. The number of nitrogens with zero attached hydrogens (tertiary/aromatic N) is 6. The smallest absolute Gasteiger partial charge is 0.319 e. The lowest BCUT2D eigenvalue weighted by atomic mass is 9.85. The Kier molecular flexibility index (Phi) is 9.80. The zero-order valence-electron chi connectivity index (χ0n) is 27.0. The van der Waals surface area contributed by atoms with Gasteiger partial charge in [0.15, 0.2) is 5.82 Å². The van der Waals surface area contributed by atoms with Crippen LogP contribution in [0, 0.1) is 11.7 Å². The van der Waals surface area contributed by atoms with Gasteiger partial charge in [-0.3, -0.25) is 15.0 Å². The number of aromatic amines is 1. The summed E-state index contributed by atoms with van der Waals surface area (Å²) in [6.07, 6.45) is 7.08. The summed E-state index contributed by atoms with van der Waals surface area (Å²) >= 11 is 6.74. The van der Waals surface area contributed by atoms with Gasteiger partial charge in [0.25, 0.3) is 5.92 Å². The van der Waals surface area contributed by atoms with Crippen LogP contribution in [-0.2, 0) is 11.2 Å². The summed E-state index contributed by atoms with van der Waals surface area (Å²) in [6, 6.07) is 1.68. The minimum atomic E-state index is -2.79. The molecule has 0 aliphatic carbocycles. The van der Waals surface area contributed by atoms with Gasteiger partial charge in [0, 0.05) is 69.1 Å². The first-order valence-electron chi connectivity index (χ1n) is 16.2. The zero-order valence-corrected chi connectivity index (χ0v) is 27.7. The van der Waals surface area contributed by atoms with E-state index in [9.17, 15) is 13.9 Å². The van der Waals surface area contributed by atoms with Crippen molar-refractivity contribution in [1.29, 1.82) is 0 Å². The number of pyridine rings is 1. The number of nitrogens with one attached hydrogen (secondary N) is 1. The van der Waals surface area contributed by atoms with Gasteiger partial charge in [0.05, 0.1) is 29.2 Å². The molecule has 3 aromatic heterocycles.